The molecule has 0 saturated carbocycles. The minimum atomic E-state index is 0.171. The fourth-order valence-corrected chi connectivity index (χ4v) is 2.46. The Balaban J connectivity index is 2.31. The largest absolute Gasteiger partial charge is 0.363 e. The molecule has 2 N–H and O–H groups in total. The predicted octanol–water partition coefficient (Wildman–Crippen LogP) is 3.87. The number of rotatable bonds is 5. The van der Waals surface area contributed by atoms with Crippen LogP contribution in [0.2, 0.25) is 5.02 Å². The molecule has 0 aliphatic rings. The number of likely N-dealkylation sites (N-methyl/N-ethyl adjacent to an activating group) is 1. The third-order valence-electron chi connectivity index (χ3n) is 3.28. The van der Waals surface area contributed by atoms with E-state index in [1.165, 1.54) is 11.3 Å². The van der Waals surface area contributed by atoms with E-state index < -0.39 is 0 Å². The average molecular weight is 275 g/mol. The number of hydrogen-bond donors (Lipinski definition) is 1. The third-order valence-corrected chi connectivity index (χ3v) is 3.53. The fraction of sp³-hybridized carbons (Fsp3) is 0.250. The Labute approximate surface area is 119 Å². The van der Waals surface area contributed by atoms with Gasteiger partial charge in [0.1, 0.15) is 0 Å². The van der Waals surface area contributed by atoms with E-state index in [1.54, 1.807) is 0 Å². The second-order valence-corrected chi connectivity index (χ2v) is 4.86. The molecule has 3 heteroatoms. The molecule has 0 aliphatic heterocycles. The maximum Gasteiger partial charge on any atom is 0.0664 e. The molecule has 0 bridgehead atoms. The molecule has 0 heterocycles. The number of para-hydroxylation sites is 1. The van der Waals surface area contributed by atoms with Crippen LogP contribution < -0.4 is 10.6 Å². The molecule has 2 aromatic carbocycles. The zero-order valence-electron chi connectivity index (χ0n) is 11.1. The molecule has 0 aliphatic carbocycles. The minimum Gasteiger partial charge on any atom is -0.363 e. The Hall–Kier alpha value is -1.51. The van der Waals surface area contributed by atoms with E-state index in [9.17, 15) is 0 Å². The van der Waals surface area contributed by atoms with Crippen LogP contribution in [0.25, 0.3) is 0 Å². The number of halogens is 1. The number of nitrogens with two attached hydrogens (primary N) is 1. The summed E-state index contributed by atoms with van der Waals surface area (Å²) in [4.78, 5) is 2.31. The van der Waals surface area contributed by atoms with Gasteiger partial charge >= 0.3 is 0 Å². The van der Waals surface area contributed by atoms with Gasteiger partial charge in [0.05, 0.1) is 6.04 Å². The highest BCUT2D eigenvalue weighted by molar-refractivity contribution is 6.30. The Kier molecular flexibility index (Phi) is 4.83. The topological polar surface area (TPSA) is 29.3 Å². The maximum atomic E-state index is 5.98. The zero-order chi connectivity index (χ0) is 13.7. The first-order valence-corrected chi connectivity index (χ1v) is 6.91. The number of benzene rings is 2. The smallest absolute Gasteiger partial charge is 0.0664 e. The molecule has 2 rings (SSSR count). The van der Waals surface area contributed by atoms with Crippen LogP contribution in [0.3, 0.4) is 0 Å². The van der Waals surface area contributed by atoms with Gasteiger partial charge in [-0.15, -0.1) is 0 Å². The van der Waals surface area contributed by atoms with Crippen molar-refractivity contribution in [1.82, 2.24) is 0 Å². The SMILES string of the molecule is CCN(c1ccccc1)C(CN)c1ccc(Cl)cc1. The van der Waals surface area contributed by atoms with Crippen molar-refractivity contribution in [3.63, 3.8) is 0 Å². The zero-order valence-corrected chi connectivity index (χ0v) is 11.8. The molecule has 2 nitrogen and oxygen atoms in total. The van der Waals surface area contributed by atoms with Gasteiger partial charge in [-0.05, 0) is 36.8 Å². The number of nitrogens with zero attached hydrogens (tertiary/aromatic N) is 1. The standard InChI is InChI=1S/C16H19ClN2/c1-2-19(15-6-4-3-5-7-15)16(12-18)13-8-10-14(17)11-9-13/h3-11,16H,2,12,18H2,1H3. The van der Waals surface area contributed by atoms with Crippen LogP contribution >= 0.6 is 11.6 Å². The Morgan fingerprint density at radius 3 is 2.21 bits per heavy atom. The summed E-state index contributed by atoms with van der Waals surface area (Å²) in [5, 5.41) is 0.752. The highest BCUT2D eigenvalue weighted by atomic mass is 35.5. The highest BCUT2D eigenvalue weighted by Gasteiger charge is 2.17. The summed E-state index contributed by atoms with van der Waals surface area (Å²) < 4.78 is 0. The van der Waals surface area contributed by atoms with Crippen LogP contribution in [0.5, 0.6) is 0 Å². The first-order chi connectivity index (χ1) is 9.26. The fourth-order valence-electron chi connectivity index (χ4n) is 2.33. The summed E-state index contributed by atoms with van der Waals surface area (Å²) in [6, 6.07) is 18.4. The maximum absolute atomic E-state index is 5.98. The molecule has 0 amide bonds. The minimum absolute atomic E-state index is 0.171. The Bertz CT molecular complexity index is 496. The third kappa shape index (κ3) is 3.28. The van der Waals surface area contributed by atoms with E-state index in [-0.39, 0.29) is 6.04 Å². The van der Waals surface area contributed by atoms with Crippen LogP contribution in [-0.2, 0) is 0 Å². The van der Waals surface area contributed by atoms with E-state index in [0.29, 0.717) is 6.54 Å². The molecular formula is C16H19ClN2. The molecule has 0 radical (unpaired) electrons. The van der Waals surface area contributed by atoms with Crippen LogP contribution in [0, 0.1) is 0 Å². The first-order valence-electron chi connectivity index (χ1n) is 6.53. The molecule has 0 saturated heterocycles. The second-order valence-electron chi connectivity index (χ2n) is 4.42. The second kappa shape index (κ2) is 6.60. The Morgan fingerprint density at radius 2 is 1.68 bits per heavy atom. The summed E-state index contributed by atoms with van der Waals surface area (Å²) in [5.74, 6) is 0. The van der Waals surface area contributed by atoms with Crippen LogP contribution in [0.1, 0.15) is 18.5 Å². The first kappa shape index (κ1) is 13.9. The van der Waals surface area contributed by atoms with Crippen molar-refractivity contribution in [3.8, 4) is 0 Å². The molecule has 0 aromatic heterocycles. The van der Waals surface area contributed by atoms with Gasteiger partial charge in [-0.3, -0.25) is 0 Å². The van der Waals surface area contributed by atoms with Crippen LogP contribution in [-0.4, -0.2) is 13.1 Å². The van der Waals surface area contributed by atoms with Gasteiger partial charge in [0.2, 0.25) is 0 Å². The van der Waals surface area contributed by atoms with Crippen molar-refractivity contribution in [3.05, 3.63) is 65.2 Å². The van der Waals surface area contributed by atoms with Crippen molar-refractivity contribution in [2.24, 2.45) is 5.73 Å². The van der Waals surface area contributed by atoms with E-state index in [2.05, 4.69) is 24.0 Å². The molecule has 2 aromatic rings. The normalized spacial score (nSPS) is 12.2. The quantitative estimate of drug-likeness (QED) is 0.897. The molecular weight excluding hydrogens is 256 g/mol. The van der Waals surface area contributed by atoms with Crippen molar-refractivity contribution >= 4 is 17.3 Å². The van der Waals surface area contributed by atoms with Gasteiger partial charge in [0.25, 0.3) is 0 Å². The summed E-state index contributed by atoms with van der Waals surface area (Å²) in [7, 11) is 0. The van der Waals surface area contributed by atoms with E-state index in [1.807, 2.05) is 42.5 Å². The van der Waals surface area contributed by atoms with Gasteiger partial charge in [-0.2, -0.15) is 0 Å². The number of anilines is 1. The van der Waals surface area contributed by atoms with E-state index in [4.69, 9.17) is 17.3 Å². The highest BCUT2D eigenvalue weighted by Crippen LogP contribution is 2.26. The van der Waals surface area contributed by atoms with Gasteiger partial charge < -0.3 is 10.6 Å². The van der Waals surface area contributed by atoms with Crippen molar-refractivity contribution in [2.45, 2.75) is 13.0 Å². The predicted molar refractivity (Wildman–Crippen MR) is 82.7 cm³/mol. The van der Waals surface area contributed by atoms with Gasteiger partial charge in [-0.1, -0.05) is 41.9 Å². The molecule has 19 heavy (non-hydrogen) atoms. The van der Waals surface area contributed by atoms with Gasteiger partial charge in [0.15, 0.2) is 0 Å². The van der Waals surface area contributed by atoms with E-state index in [0.717, 1.165) is 11.6 Å². The summed E-state index contributed by atoms with van der Waals surface area (Å²) in [6.07, 6.45) is 0. The van der Waals surface area contributed by atoms with Crippen LogP contribution in [0.15, 0.2) is 54.6 Å². The number of hydrogen-bond acceptors (Lipinski definition) is 2. The molecule has 0 spiro atoms. The lowest BCUT2D eigenvalue weighted by Gasteiger charge is -2.32. The van der Waals surface area contributed by atoms with Gasteiger partial charge in [0, 0.05) is 23.8 Å². The lowest BCUT2D eigenvalue weighted by molar-refractivity contribution is 0.643. The molecule has 1 unspecified atom stereocenters. The lowest BCUT2D eigenvalue weighted by atomic mass is 10.0. The van der Waals surface area contributed by atoms with Crippen LogP contribution in [0.4, 0.5) is 5.69 Å². The summed E-state index contributed by atoms with van der Waals surface area (Å²) >= 11 is 5.95. The van der Waals surface area contributed by atoms with Crippen molar-refractivity contribution in [1.29, 1.82) is 0 Å². The average Bonchev–Trinajstić information content (AvgIpc) is 2.47. The molecule has 100 valence electrons. The summed E-state index contributed by atoms with van der Waals surface area (Å²) in [6.45, 7) is 3.63. The summed E-state index contributed by atoms with van der Waals surface area (Å²) in [5.41, 5.74) is 8.36. The molecule has 0 fully saturated rings. The van der Waals surface area contributed by atoms with E-state index >= 15 is 0 Å². The van der Waals surface area contributed by atoms with Crippen molar-refractivity contribution < 1.29 is 0 Å². The van der Waals surface area contributed by atoms with Crippen molar-refractivity contribution in [2.75, 3.05) is 18.0 Å². The monoisotopic (exact) mass is 274 g/mol. The van der Waals surface area contributed by atoms with Gasteiger partial charge in [-0.25, -0.2) is 0 Å². The Morgan fingerprint density at radius 1 is 1.05 bits per heavy atom. The lowest BCUT2D eigenvalue weighted by Crippen LogP contribution is -2.33. The molecule has 1 atom stereocenters.